The zero-order chi connectivity index (χ0) is 15.4. The normalized spacial score (nSPS) is 22.2. The van der Waals surface area contributed by atoms with Gasteiger partial charge in [0.2, 0.25) is 0 Å². The van der Waals surface area contributed by atoms with Crippen molar-refractivity contribution >= 4 is 11.6 Å². The van der Waals surface area contributed by atoms with E-state index in [1.54, 1.807) is 0 Å². The van der Waals surface area contributed by atoms with Gasteiger partial charge in [-0.15, -0.1) is 0 Å². The molecular weight excluding hydrogens is 260 g/mol. The SMILES string of the molecule is CCCNc1ccc(C(=O)N2CCC(C)C(C)C2)c(C)c1. The van der Waals surface area contributed by atoms with Crippen molar-refractivity contribution in [3.8, 4) is 0 Å². The summed E-state index contributed by atoms with van der Waals surface area (Å²) in [4.78, 5) is 14.7. The van der Waals surface area contributed by atoms with E-state index in [0.29, 0.717) is 5.92 Å². The molecule has 1 heterocycles. The summed E-state index contributed by atoms with van der Waals surface area (Å²) < 4.78 is 0. The molecule has 1 aromatic rings. The van der Waals surface area contributed by atoms with E-state index in [2.05, 4.69) is 32.2 Å². The minimum atomic E-state index is 0.188. The van der Waals surface area contributed by atoms with Crippen LogP contribution in [0.1, 0.15) is 49.5 Å². The van der Waals surface area contributed by atoms with Gasteiger partial charge in [-0.05, 0) is 55.4 Å². The second-order valence-corrected chi connectivity index (χ2v) is 6.45. The number of anilines is 1. The molecule has 1 saturated heterocycles. The Bertz CT molecular complexity index is 498. The van der Waals surface area contributed by atoms with Crippen molar-refractivity contribution < 1.29 is 4.79 Å². The summed E-state index contributed by atoms with van der Waals surface area (Å²) >= 11 is 0. The molecule has 2 rings (SSSR count). The Morgan fingerprint density at radius 1 is 1.33 bits per heavy atom. The fraction of sp³-hybridized carbons (Fsp3) is 0.611. The smallest absolute Gasteiger partial charge is 0.254 e. The number of hydrogen-bond acceptors (Lipinski definition) is 2. The fourth-order valence-electron chi connectivity index (χ4n) is 2.90. The highest BCUT2D eigenvalue weighted by atomic mass is 16.2. The van der Waals surface area contributed by atoms with Gasteiger partial charge in [0.05, 0.1) is 0 Å². The van der Waals surface area contributed by atoms with Crippen molar-refractivity contribution in [1.29, 1.82) is 0 Å². The first-order chi connectivity index (χ1) is 10.0. The number of nitrogens with one attached hydrogen (secondary N) is 1. The summed E-state index contributed by atoms with van der Waals surface area (Å²) in [6.45, 7) is 11.4. The summed E-state index contributed by atoms with van der Waals surface area (Å²) in [6.07, 6.45) is 2.21. The van der Waals surface area contributed by atoms with Crippen LogP contribution in [0.25, 0.3) is 0 Å². The van der Waals surface area contributed by atoms with Crippen LogP contribution in [-0.4, -0.2) is 30.4 Å². The van der Waals surface area contributed by atoms with Crippen LogP contribution < -0.4 is 5.32 Å². The number of amides is 1. The van der Waals surface area contributed by atoms with Gasteiger partial charge in [0.15, 0.2) is 0 Å². The summed E-state index contributed by atoms with van der Waals surface area (Å²) in [7, 11) is 0. The maximum atomic E-state index is 12.7. The number of rotatable bonds is 4. The van der Waals surface area contributed by atoms with Crippen molar-refractivity contribution in [2.24, 2.45) is 11.8 Å². The van der Waals surface area contributed by atoms with Crippen LogP contribution in [0.2, 0.25) is 0 Å². The van der Waals surface area contributed by atoms with E-state index in [4.69, 9.17) is 0 Å². The lowest BCUT2D eigenvalue weighted by Crippen LogP contribution is -2.42. The first kappa shape index (κ1) is 15.9. The largest absolute Gasteiger partial charge is 0.385 e. The third-order valence-electron chi connectivity index (χ3n) is 4.66. The minimum absolute atomic E-state index is 0.188. The van der Waals surface area contributed by atoms with Crippen LogP contribution in [0.5, 0.6) is 0 Å². The van der Waals surface area contributed by atoms with E-state index in [9.17, 15) is 4.79 Å². The molecule has 3 nitrogen and oxygen atoms in total. The first-order valence-electron chi connectivity index (χ1n) is 8.16. The number of carbonyl (C=O) groups is 1. The third kappa shape index (κ3) is 3.78. The van der Waals surface area contributed by atoms with Crippen LogP contribution in [-0.2, 0) is 0 Å². The van der Waals surface area contributed by atoms with Gasteiger partial charge in [0, 0.05) is 30.9 Å². The minimum Gasteiger partial charge on any atom is -0.385 e. The van der Waals surface area contributed by atoms with Gasteiger partial charge in [-0.3, -0.25) is 4.79 Å². The summed E-state index contributed by atoms with van der Waals surface area (Å²) in [6, 6.07) is 6.07. The van der Waals surface area contributed by atoms with Crippen molar-refractivity contribution in [2.75, 3.05) is 25.0 Å². The quantitative estimate of drug-likeness (QED) is 0.910. The summed E-state index contributed by atoms with van der Waals surface area (Å²) in [5.74, 6) is 1.50. The molecule has 2 atom stereocenters. The maximum absolute atomic E-state index is 12.7. The molecule has 2 unspecified atom stereocenters. The second kappa shape index (κ2) is 6.97. The Morgan fingerprint density at radius 3 is 2.71 bits per heavy atom. The van der Waals surface area contributed by atoms with Gasteiger partial charge in [-0.1, -0.05) is 20.8 Å². The first-order valence-corrected chi connectivity index (χ1v) is 8.16. The standard InChI is InChI=1S/C18H28N2O/c1-5-9-19-16-6-7-17(14(3)11-16)18(21)20-10-8-13(2)15(4)12-20/h6-7,11,13,15,19H,5,8-10,12H2,1-4H3. The number of likely N-dealkylation sites (tertiary alicyclic amines) is 1. The van der Waals surface area contributed by atoms with E-state index in [0.717, 1.165) is 55.2 Å². The molecule has 0 aromatic heterocycles. The Morgan fingerprint density at radius 2 is 2.10 bits per heavy atom. The van der Waals surface area contributed by atoms with E-state index in [1.807, 2.05) is 24.0 Å². The molecule has 0 radical (unpaired) electrons. The molecule has 1 amide bonds. The Kier molecular flexibility index (Phi) is 5.27. The lowest BCUT2D eigenvalue weighted by atomic mass is 9.88. The van der Waals surface area contributed by atoms with Gasteiger partial charge in [0.1, 0.15) is 0 Å². The number of carbonyl (C=O) groups excluding carboxylic acids is 1. The number of nitrogens with zero attached hydrogens (tertiary/aromatic N) is 1. The Hall–Kier alpha value is -1.51. The van der Waals surface area contributed by atoms with Crippen LogP contribution in [0.15, 0.2) is 18.2 Å². The van der Waals surface area contributed by atoms with Gasteiger partial charge in [-0.2, -0.15) is 0 Å². The average Bonchev–Trinajstić information content (AvgIpc) is 2.47. The number of aryl methyl sites for hydroxylation is 1. The zero-order valence-corrected chi connectivity index (χ0v) is 13.8. The molecule has 1 fully saturated rings. The fourth-order valence-corrected chi connectivity index (χ4v) is 2.90. The van der Waals surface area contributed by atoms with Crippen LogP contribution in [0.3, 0.4) is 0 Å². The van der Waals surface area contributed by atoms with Crippen LogP contribution in [0.4, 0.5) is 5.69 Å². The number of hydrogen-bond donors (Lipinski definition) is 1. The molecule has 0 saturated carbocycles. The van der Waals surface area contributed by atoms with Crippen molar-refractivity contribution in [3.05, 3.63) is 29.3 Å². The predicted molar refractivity (Wildman–Crippen MR) is 88.8 cm³/mol. The van der Waals surface area contributed by atoms with E-state index < -0.39 is 0 Å². The number of benzene rings is 1. The van der Waals surface area contributed by atoms with E-state index in [-0.39, 0.29) is 5.91 Å². The molecule has 1 aliphatic rings. The predicted octanol–water partition coefficient (Wildman–Crippen LogP) is 3.94. The summed E-state index contributed by atoms with van der Waals surface area (Å²) in [5, 5.41) is 3.37. The molecule has 21 heavy (non-hydrogen) atoms. The van der Waals surface area contributed by atoms with Gasteiger partial charge < -0.3 is 10.2 Å². The molecule has 0 spiro atoms. The van der Waals surface area contributed by atoms with Crippen molar-refractivity contribution in [1.82, 2.24) is 4.90 Å². The maximum Gasteiger partial charge on any atom is 0.254 e. The van der Waals surface area contributed by atoms with Gasteiger partial charge in [-0.25, -0.2) is 0 Å². The summed E-state index contributed by atoms with van der Waals surface area (Å²) in [5.41, 5.74) is 3.01. The van der Waals surface area contributed by atoms with Crippen molar-refractivity contribution in [3.63, 3.8) is 0 Å². The zero-order valence-electron chi connectivity index (χ0n) is 13.8. The van der Waals surface area contributed by atoms with Gasteiger partial charge in [0.25, 0.3) is 5.91 Å². The van der Waals surface area contributed by atoms with Crippen molar-refractivity contribution in [2.45, 2.75) is 40.5 Å². The molecule has 3 heteroatoms. The van der Waals surface area contributed by atoms with E-state index in [1.165, 1.54) is 0 Å². The molecule has 0 bridgehead atoms. The molecule has 0 aliphatic carbocycles. The Labute approximate surface area is 128 Å². The average molecular weight is 288 g/mol. The highest BCUT2D eigenvalue weighted by molar-refractivity contribution is 5.96. The highest BCUT2D eigenvalue weighted by Crippen LogP contribution is 2.25. The van der Waals surface area contributed by atoms with Crippen LogP contribution >= 0.6 is 0 Å². The topological polar surface area (TPSA) is 32.3 Å². The third-order valence-corrected chi connectivity index (χ3v) is 4.66. The second-order valence-electron chi connectivity index (χ2n) is 6.45. The van der Waals surface area contributed by atoms with E-state index >= 15 is 0 Å². The van der Waals surface area contributed by atoms with Gasteiger partial charge >= 0.3 is 0 Å². The monoisotopic (exact) mass is 288 g/mol. The number of piperidine rings is 1. The molecule has 1 N–H and O–H groups in total. The lowest BCUT2D eigenvalue weighted by molar-refractivity contribution is 0.0627. The molecule has 116 valence electrons. The molecular formula is C18H28N2O. The molecule has 1 aromatic carbocycles. The molecule has 1 aliphatic heterocycles. The lowest BCUT2D eigenvalue weighted by Gasteiger charge is -2.35. The Balaban J connectivity index is 2.09. The van der Waals surface area contributed by atoms with Crippen LogP contribution in [0, 0.1) is 18.8 Å². The highest BCUT2D eigenvalue weighted by Gasteiger charge is 2.27.